The number of rotatable bonds is 4. The molecule has 2 aliphatic rings. The second-order valence-electron chi connectivity index (χ2n) is 6.12. The molecule has 120 valence electrons. The highest BCUT2D eigenvalue weighted by atomic mass is 16.2. The van der Waals surface area contributed by atoms with Crippen molar-refractivity contribution in [1.29, 1.82) is 0 Å². The van der Waals surface area contributed by atoms with E-state index in [9.17, 15) is 4.79 Å². The van der Waals surface area contributed by atoms with E-state index in [4.69, 9.17) is 0 Å². The molecule has 1 aliphatic heterocycles. The summed E-state index contributed by atoms with van der Waals surface area (Å²) in [6, 6.07) is 0.401. The number of likely N-dealkylation sites (tertiary alicyclic amines) is 1. The minimum absolute atomic E-state index is 0.0478. The van der Waals surface area contributed by atoms with Crippen molar-refractivity contribution < 1.29 is 4.79 Å². The first-order valence-electron chi connectivity index (χ1n) is 7.89. The molecule has 0 bridgehead atoms. The van der Waals surface area contributed by atoms with Crippen LogP contribution in [0.1, 0.15) is 30.7 Å². The van der Waals surface area contributed by atoms with Crippen LogP contribution >= 0.6 is 0 Å². The van der Waals surface area contributed by atoms with Gasteiger partial charge in [-0.05, 0) is 24.8 Å². The van der Waals surface area contributed by atoms with E-state index in [1.165, 1.54) is 5.56 Å². The van der Waals surface area contributed by atoms with Crippen molar-refractivity contribution in [3.63, 3.8) is 0 Å². The first-order chi connectivity index (χ1) is 10.7. The molecule has 0 aromatic carbocycles. The van der Waals surface area contributed by atoms with Crippen LogP contribution in [0.4, 0.5) is 0 Å². The number of carbonyl (C=O) groups is 1. The zero-order chi connectivity index (χ0) is 15.5. The van der Waals surface area contributed by atoms with Crippen LogP contribution < -0.4 is 10.6 Å². The van der Waals surface area contributed by atoms with Crippen molar-refractivity contribution in [3.05, 3.63) is 18.0 Å². The Bertz CT molecular complexity index is 562. The lowest BCUT2D eigenvalue weighted by Gasteiger charge is -2.21. The lowest BCUT2D eigenvalue weighted by atomic mass is 10.0. The standard InChI is InChI=1S/C15H24N6O/c1-16-15(17-8-14(22)19-13-3-4-13)21-6-5-11(10-21)12-7-18-20(2)9-12/h7,9,11,13H,3-6,8,10H2,1-2H3,(H,16,17)(H,19,22). The Balaban J connectivity index is 1.50. The number of guanidine groups is 1. The molecule has 1 atom stereocenters. The number of aliphatic imine (C=N–C) groups is 1. The molecule has 22 heavy (non-hydrogen) atoms. The summed E-state index contributed by atoms with van der Waals surface area (Å²) in [5, 5.41) is 10.4. The molecule has 1 aromatic rings. The first-order valence-corrected chi connectivity index (χ1v) is 7.89. The average molecular weight is 304 g/mol. The topological polar surface area (TPSA) is 74.6 Å². The fourth-order valence-electron chi connectivity index (χ4n) is 2.87. The Kier molecular flexibility index (Phi) is 4.31. The molecule has 3 rings (SSSR count). The molecule has 7 heteroatoms. The van der Waals surface area contributed by atoms with E-state index in [0.29, 0.717) is 12.0 Å². The van der Waals surface area contributed by atoms with E-state index in [2.05, 4.69) is 31.8 Å². The van der Waals surface area contributed by atoms with Crippen molar-refractivity contribution in [2.24, 2.45) is 12.0 Å². The van der Waals surface area contributed by atoms with Gasteiger partial charge in [0.15, 0.2) is 5.96 Å². The van der Waals surface area contributed by atoms with Crippen LogP contribution in [0.3, 0.4) is 0 Å². The van der Waals surface area contributed by atoms with E-state index >= 15 is 0 Å². The number of carbonyl (C=O) groups excluding carboxylic acids is 1. The molecule has 2 N–H and O–H groups in total. The zero-order valence-corrected chi connectivity index (χ0v) is 13.2. The van der Waals surface area contributed by atoms with Gasteiger partial charge in [-0.25, -0.2) is 0 Å². The highest BCUT2D eigenvalue weighted by Crippen LogP contribution is 2.26. The third-order valence-corrected chi connectivity index (χ3v) is 4.25. The van der Waals surface area contributed by atoms with Gasteiger partial charge in [-0.15, -0.1) is 0 Å². The number of aryl methyl sites for hydroxylation is 1. The number of amides is 1. The number of aromatic nitrogens is 2. The summed E-state index contributed by atoms with van der Waals surface area (Å²) in [5.41, 5.74) is 1.27. The Hall–Kier alpha value is -2.05. The Morgan fingerprint density at radius 3 is 2.91 bits per heavy atom. The van der Waals surface area contributed by atoms with Crippen LogP contribution in [0.5, 0.6) is 0 Å². The third kappa shape index (κ3) is 3.58. The van der Waals surface area contributed by atoms with E-state index in [1.54, 1.807) is 7.05 Å². The van der Waals surface area contributed by atoms with Crippen LogP contribution in [0.2, 0.25) is 0 Å². The number of hydrogen-bond acceptors (Lipinski definition) is 3. The van der Waals surface area contributed by atoms with Gasteiger partial charge >= 0.3 is 0 Å². The van der Waals surface area contributed by atoms with Crippen LogP contribution in [-0.4, -0.2) is 59.3 Å². The lowest BCUT2D eigenvalue weighted by Crippen LogP contribution is -2.45. The summed E-state index contributed by atoms with van der Waals surface area (Å²) in [6.45, 7) is 2.15. The Morgan fingerprint density at radius 2 is 2.27 bits per heavy atom. The smallest absolute Gasteiger partial charge is 0.239 e. The molecule has 2 heterocycles. The minimum Gasteiger partial charge on any atom is -0.352 e. The van der Waals surface area contributed by atoms with Crippen LogP contribution in [0.15, 0.2) is 17.4 Å². The molecule has 0 spiro atoms. The molecule has 1 saturated carbocycles. The summed E-state index contributed by atoms with van der Waals surface area (Å²) in [4.78, 5) is 18.3. The molecule has 1 amide bonds. The zero-order valence-electron chi connectivity index (χ0n) is 13.2. The van der Waals surface area contributed by atoms with Crippen LogP contribution in [0.25, 0.3) is 0 Å². The monoisotopic (exact) mass is 304 g/mol. The molecule has 0 radical (unpaired) electrons. The summed E-state index contributed by atoms with van der Waals surface area (Å²) in [6.07, 6.45) is 7.32. The average Bonchev–Trinajstić information content (AvgIpc) is 3.00. The highest BCUT2D eigenvalue weighted by molar-refractivity contribution is 5.86. The summed E-state index contributed by atoms with van der Waals surface area (Å²) in [5.74, 6) is 1.33. The number of hydrogen-bond donors (Lipinski definition) is 2. The first kappa shape index (κ1) is 14.9. The van der Waals surface area contributed by atoms with Crippen molar-refractivity contribution in [2.45, 2.75) is 31.2 Å². The van der Waals surface area contributed by atoms with E-state index in [0.717, 1.165) is 38.3 Å². The predicted molar refractivity (Wildman–Crippen MR) is 84.7 cm³/mol. The van der Waals surface area contributed by atoms with Gasteiger partial charge in [0, 0.05) is 45.3 Å². The largest absolute Gasteiger partial charge is 0.352 e. The van der Waals surface area contributed by atoms with Crippen molar-refractivity contribution >= 4 is 11.9 Å². The van der Waals surface area contributed by atoms with Crippen molar-refractivity contribution in [1.82, 2.24) is 25.3 Å². The maximum atomic E-state index is 11.8. The lowest BCUT2D eigenvalue weighted by molar-refractivity contribution is -0.120. The number of nitrogens with zero attached hydrogens (tertiary/aromatic N) is 4. The van der Waals surface area contributed by atoms with E-state index in [-0.39, 0.29) is 12.5 Å². The Morgan fingerprint density at radius 1 is 1.45 bits per heavy atom. The fourth-order valence-corrected chi connectivity index (χ4v) is 2.87. The number of nitrogens with one attached hydrogen (secondary N) is 2. The molecule has 1 saturated heterocycles. The quantitative estimate of drug-likeness (QED) is 0.609. The van der Waals surface area contributed by atoms with Gasteiger partial charge in [-0.1, -0.05) is 0 Å². The summed E-state index contributed by atoms with van der Waals surface area (Å²) in [7, 11) is 3.70. The van der Waals surface area contributed by atoms with Gasteiger partial charge in [0.2, 0.25) is 5.91 Å². The maximum Gasteiger partial charge on any atom is 0.239 e. The van der Waals surface area contributed by atoms with Gasteiger partial charge < -0.3 is 15.5 Å². The predicted octanol–water partition coefficient (Wildman–Crippen LogP) is 0.0634. The molecular formula is C15H24N6O. The molecule has 1 unspecified atom stereocenters. The third-order valence-electron chi connectivity index (χ3n) is 4.25. The Labute approximate surface area is 130 Å². The molecule has 1 aliphatic carbocycles. The SMILES string of the molecule is CN=C(NCC(=O)NC1CC1)N1CCC(c2cnn(C)c2)C1. The van der Waals surface area contributed by atoms with Gasteiger partial charge in [-0.2, -0.15) is 5.10 Å². The van der Waals surface area contributed by atoms with E-state index in [1.807, 2.05) is 17.9 Å². The molecule has 1 aromatic heterocycles. The second kappa shape index (κ2) is 6.37. The van der Waals surface area contributed by atoms with Crippen molar-refractivity contribution in [2.75, 3.05) is 26.7 Å². The molecular weight excluding hydrogens is 280 g/mol. The van der Waals surface area contributed by atoms with Gasteiger partial charge in [0.05, 0.1) is 12.7 Å². The summed E-state index contributed by atoms with van der Waals surface area (Å²) < 4.78 is 1.84. The minimum atomic E-state index is 0.0478. The van der Waals surface area contributed by atoms with Gasteiger partial charge in [0.1, 0.15) is 0 Å². The maximum absolute atomic E-state index is 11.8. The molecule has 7 nitrogen and oxygen atoms in total. The van der Waals surface area contributed by atoms with Crippen molar-refractivity contribution in [3.8, 4) is 0 Å². The fraction of sp³-hybridized carbons (Fsp3) is 0.667. The van der Waals surface area contributed by atoms with Gasteiger partial charge in [-0.3, -0.25) is 14.5 Å². The summed E-state index contributed by atoms with van der Waals surface area (Å²) >= 11 is 0. The van der Waals surface area contributed by atoms with Crippen LogP contribution in [0, 0.1) is 0 Å². The van der Waals surface area contributed by atoms with E-state index < -0.39 is 0 Å². The van der Waals surface area contributed by atoms with Crippen LogP contribution in [-0.2, 0) is 11.8 Å². The highest BCUT2D eigenvalue weighted by Gasteiger charge is 2.27. The molecule has 2 fully saturated rings. The second-order valence-corrected chi connectivity index (χ2v) is 6.12. The normalized spacial score (nSPS) is 22.0. The van der Waals surface area contributed by atoms with Gasteiger partial charge in [0.25, 0.3) is 0 Å².